The number of hydrogen-bond donors (Lipinski definition) is 1. The highest BCUT2D eigenvalue weighted by Gasteiger charge is 2.11. The topological polar surface area (TPSA) is 60.9 Å². The lowest BCUT2D eigenvalue weighted by Crippen LogP contribution is -2.10. The summed E-state index contributed by atoms with van der Waals surface area (Å²) >= 11 is 0. The molecule has 0 unspecified atom stereocenters. The summed E-state index contributed by atoms with van der Waals surface area (Å²) in [6, 6.07) is 22.0. The third-order valence-corrected chi connectivity index (χ3v) is 4.62. The Morgan fingerprint density at radius 1 is 0.962 bits per heavy atom. The van der Waals surface area contributed by atoms with Gasteiger partial charge in [-0.25, -0.2) is 4.68 Å². The second kappa shape index (κ2) is 6.15. The summed E-state index contributed by atoms with van der Waals surface area (Å²) in [6.45, 7) is 4.10. The lowest BCUT2D eigenvalue weighted by Gasteiger charge is -2.10. The van der Waals surface area contributed by atoms with Gasteiger partial charge in [0.1, 0.15) is 0 Å². The second-order valence-electron chi connectivity index (χ2n) is 6.50. The van der Waals surface area contributed by atoms with Crippen LogP contribution in [0.15, 0.2) is 66.7 Å². The number of nitrogens with zero attached hydrogens (tertiary/aromatic N) is 2. The van der Waals surface area contributed by atoms with E-state index >= 15 is 0 Å². The molecule has 4 aromatic rings. The van der Waals surface area contributed by atoms with Crippen molar-refractivity contribution in [2.45, 2.75) is 13.8 Å². The number of benzene rings is 3. The normalized spacial score (nSPS) is 11.0. The van der Waals surface area contributed by atoms with Gasteiger partial charge in [0.15, 0.2) is 0 Å². The summed E-state index contributed by atoms with van der Waals surface area (Å²) in [5, 5.41) is 7.09. The molecule has 0 aliphatic carbocycles. The summed E-state index contributed by atoms with van der Waals surface area (Å²) in [6.07, 6.45) is 0. The molecule has 4 heteroatoms. The van der Waals surface area contributed by atoms with E-state index in [2.05, 4.69) is 54.5 Å². The van der Waals surface area contributed by atoms with Crippen molar-refractivity contribution in [3.63, 3.8) is 0 Å². The smallest absolute Gasteiger partial charge is 0.248 e. The fraction of sp³-hybridized carbons (Fsp3) is 0.0909. The van der Waals surface area contributed by atoms with Gasteiger partial charge in [-0.05, 0) is 66.6 Å². The molecule has 26 heavy (non-hydrogen) atoms. The van der Waals surface area contributed by atoms with E-state index in [1.807, 2.05) is 23.7 Å². The first-order valence-corrected chi connectivity index (χ1v) is 8.49. The highest BCUT2D eigenvalue weighted by Crippen LogP contribution is 2.28. The first-order valence-electron chi connectivity index (χ1n) is 8.49. The minimum atomic E-state index is -0.432. The standard InChI is InChI=1S/C22H19N3O/c1-14-4-3-5-17-13-18(8-11-20(14)17)21-12-15(2)24-25(21)19-9-6-16(7-10-19)22(23)26/h3-13H,1-2H3,(H2,23,26). The number of primary amides is 1. The van der Waals surface area contributed by atoms with Gasteiger partial charge in [-0.1, -0.05) is 30.3 Å². The molecular formula is C22H19N3O. The number of carbonyl (C=O) groups excluding carboxylic acids is 1. The lowest BCUT2D eigenvalue weighted by atomic mass is 10.0. The molecule has 1 amide bonds. The van der Waals surface area contributed by atoms with E-state index in [0.29, 0.717) is 5.56 Å². The summed E-state index contributed by atoms with van der Waals surface area (Å²) < 4.78 is 1.90. The van der Waals surface area contributed by atoms with Gasteiger partial charge in [-0.2, -0.15) is 5.10 Å². The van der Waals surface area contributed by atoms with Gasteiger partial charge in [0.25, 0.3) is 0 Å². The van der Waals surface area contributed by atoms with Crippen molar-refractivity contribution in [2.75, 3.05) is 0 Å². The van der Waals surface area contributed by atoms with Crippen molar-refractivity contribution >= 4 is 16.7 Å². The van der Waals surface area contributed by atoms with Crippen LogP contribution in [-0.4, -0.2) is 15.7 Å². The quantitative estimate of drug-likeness (QED) is 0.600. The van der Waals surface area contributed by atoms with Gasteiger partial charge < -0.3 is 5.73 Å². The van der Waals surface area contributed by atoms with Crippen LogP contribution in [0.2, 0.25) is 0 Å². The Hall–Kier alpha value is -3.40. The molecule has 128 valence electrons. The molecule has 0 aliphatic heterocycles. The minimum absolute atomic E-state index is 0.432. The van der Waals surface area contributed by atoms with Crippen LogP contribution in [0, 0.1) is 13.8 Å². The van der Waals surface area contributed by atoms with Crippen LogP contribution in [-0.2, 0) is 0 Å². The van der Waals surface area contributed by atoms with E-state index in [-0.39, 0.29) is 0 Å². The molecular weight excluding hydrogens is 322 g/mol. The summed E-state index contributed by atoms with van der Waals surface area (Å²) in [5.74, 6) is -0.432. The van der Waals surface area contributed by atoms with Crippen molar-refractivity contribution in [2.24, 2.45) is 5.73 Å². The third kappa shape index (κ3) is 2.75. The molecule has 1 aromatic heterocycles. The Labute approximate surface area is 151 Å². The molecule has 2 N–H and O–H groups in total. The number of aryl methyl sites for hydroxylation is 2. The lowest BCUT2D eigenvalue weighted by molar-refractivity contribution is 0.100. The van der Waals surface area contributed by atoms with Crippen LogP contribution in [0.5, 0.6) is 0 Å². The van der Waals surface area contributed by atoms with E-state index in [9.17, 15) is 4.79 Å². The Morgan fingerprint density at radius 2 is 1.73 bits per heavy atom. The molecule has 0 fully saturated rings. The molecule has 1 heterocycles. The Morgan fingerprint density at radius 3 is 2.46 bits per heavy atom. The minimum Gasteiger partial charge on any atom is -0.366 e. The van der Waals surface area contributed by atoms with E-state index in [1.54, 1.807) is 12.1 Å². The number of nitrogens with two attached hydrogens (primary N) is 1. The van der Waals surface area contributed by atoms with Gasteiger partial charge in [0.2, 0.25) is 5.91 Å². The van der Waals surface area contributed by atoms with Crippen molar-refractivity contribution in [3.05, 3.63) is 83.6 Å². The monoisotopic (exact) mass is 341 g/mol. The van der Waals surface area contributed by atoms with Crippen molar-refractivity contribution in [1.29, 1.82) is 0 Å². The third-order valence-electron chi connectivity index (χ3n) is 4.62. The van der Waals surface area contributed by atoms with Gasteiger partial charge in [0, 0.05) is 11.1 Å². The SMILES string of the molecule is Cc1cc(-c2ccc3c(C)cccc3c2)n(-c2ccc(C(N)=O)cc2)n1. The molecule has 0 aliphatic rings. The summed E-state index contributed by atoms with van der Waals surface area (Å²) in [5.41, 5.74) is 11.0. The molecule has 0 radical (unpaired) electrons. The molecule has 3 aromatic carbocycles. The number of hydrogen-bond acceptors (Lipinski definition) is 2. The van der Waals surface area contributed by atoms with Crippen LogP contribution in [0.4, 0.5) is 0 Å². The van der Waals surface area contributed by atoms with Gasteiger partial charge in [0.05, 0.1) is 17.1 Å². The maximum atomic E-state index is 11.3. The number of carbonyl (C=O) groups is 1. The van der Waals surface area contributed by atoms with Gasteiger partial charge in [-0.15, -0.1) is 0 Å². The first-order chi connectivity index (χ1) is 12.5. The summed E-state index contributed by atoms with van der Waals surface area (Å²) in [7, 11) is 0. The highest BCUT2D eigenvalue weighted by molar-refractivity contribution is 5.93. The van der Waals surface area contributed by atoms with Crippen molar-refractivity contribution in [1.82, 2.24) is 9.78 Å². The van der Waals surface area contributed by atoms with Crippen LogP contribution in [0.3, 0.4) is 0 Å². The van der Waals surface area contributed by atoms with E-state index in [0.717, 1.165) is 22.6 Å². The van der Waals surface area contributed by atoms with E-state index in [1.165, 1.54) is 16.3 Å². The zero-order chi connectivity index (χ0) is 18.3. The van der Waals surface area contributed by atoms with Crippen LogP contribution in [0.1, 0.15) is 21.6 Å². The molecule has 0 saturated carbocycles. The van der Waals surface area contributed by atoms with Crippen LogP contribution < -0.4 is 5.73 Å². The maximum Gasteiger partial charge on any atom is 0.248 e. The molecule has 4 rings (SSSR count). The molecule has 0 atom stereocenters. The van der Waals surface area contributed by atoms with Gasteiger partial charge in [-0.3, -0.25) is 4.79 Å². The zero-order valence-corrected chi connectivity index (χ0v) is 14.7. The van der Waals surface area contributed by atoms with Gasteiger partial charge >= 0.3 is 0 Å². The fourth-order valence-electron chi connectivity index (χ4n) is 3.27. The Bertz CT molecular complexity index is 1120. The highest BCUT2D eigenvalue weighted by atomic mass is 16.1. The number of rotatable bonds is 3. The predicted molar refractivity (Wildman–Crippen MR) is 104 cm³/mol. The Kier molecular flexibility index (Phi) is 3.81. The zero-order valence-electron chi connectivity index (χ0n) is 14.7. The average Bonchev–Trinajstić information content (AvgIpc) is 3.03. The van der Waals surface area contributed by atoms with Crippen LogP contribution >= 0.6 is 0 Å². The number of aromatic nitrogens is 2. The molecule has 0 saturated heterocycles. The largest absolute Gasteiger partial charge is 0.366 e. The summed E-state index contributed by atoms with van der Waals surface area (Å²) in [4.78, 5) is 11.3. The first kappa shape index (κ1) is 16.1. The average molecular weight is 341 g/mol. The maximum absolute atomic E-state index is 11.3. The van der Waals surface area contributed by atoms with Crippen molar-refractivity contribution in [3.8, 4) is 16.9 Å². The molecule has 4 nitrogen and oxygen atoms in total. The van der Waals surface area contributed by atoms with Crippen LogP contribution in [0.25, 0.3) is 27.7 Å². The van der Waals surface area contributed by atoms with Crippen molar-refractivity contribution < 1.29 is 4.79 Å². The van der Waals surface area contributed by atoms with E-state index < -0.39 is 5.91 Å². The van der Waals surface area contributed by atoms with E-state index in [4.69, 9.17) is 5.73 Å². The second-order valence-corrected chi connectivity index (χ2v) is 6.50. The number of fused-ring (bicyclic) bond motifs is 1. The molecule has 0 bridgehead atoms. The Balaban J connectivity index is 1.84. The number of amides is 1. The fourth-order valence-corrected chi connectivity index (χ4v) is 3.27. The predicted octanol–water partition coefficient (Wildman–Crippen LogP) is 4.41. The molecule has 0 spiro atoms.